The van der Waals surface area contributed by atoms with E-state index in [2.05, 4.69) is 79.6 Å². The number of aromatic nitrogens is 3. The van der Waals surface area contributed by atoms with Gasteiger partial charge in [-0.3, -0.25) is 9.36 Å². The summed E-state index contributed by atoms with van der Waals surface area (Å²) in [7, 11) is 0. The molecule has 0 aliphatic heterocycles. The van der Waals surface area contributed by atoms with Gasteiger partial charge < -0.3 is 10.1 Å². The van der Waals surface area contributed by atoms with E-state index in [1.165, 1.54) is 22.9 Å². The minimum atomic E-state index is -0.0530. The molecule has 0 spiro atoms. The first-order valence-electron chi connectivity index (χ1n) is 12.7. The van der Waals surface area contributed by atoms with E-state index in [4.69, 9.17) is 4.74 Å². The molecular weight excluding hydrogens is 480 g/mol. The lowest BCUT2D eigenvalue weighted by molar-refractivity contribution is -0.113. The van der Waals surface area contributed by atoms with Gasteiger partial charge in [0, 0.05) is 5.69 Å². The Morgan fingerprint density at radius 1 is 0.919 bits per heavy atom. The first-order chi connectivity index (χ1) is 18.0. The number of ether oxygens (including phenoxy) is 1. The van der Waals surface area contributed by atoms with E-state index in [0.717, 1.165) is 46.8 Å². The van der Waals surface area contributed by atoms with Gasteiger partial charge in [-0.1, -0.05) is 80.2 Å². The van der Waals surface area contributed by atoms with Crippen LogP contribution in [0, 0.1) is 13.8 Å². The normalized spacial score (nSPS) is 10.9. The molecule has 192 valence electrons. The van der Waals surface area contributed by atoms with E-state index >= 15 is 0 Å². The molecule has 0 radical (unpaired) electrons. The summed E-state index contributed by atoms with van der Waals surface area (Å²) in [5, 5.41) is 12.7. The van der Waals surface area contributed by atoms with Gasteiger partial charge in [0.1, 0.15) is 12.4 Å². The highest BCUT2D eigenvalue weighted by molar-refractivity contribution is 7.99. The SMILES string of the molecule is CCc1cccc(CC)c1NC(=O)CSc1nnc(COc2ccc(C)c(C)c2)n1Cc1ccccc1. The van der Waals surface area contributed by atoms with E-state index in [1.807, 2.05) is 34.9 Å². The number of nitrogens with one attached hydrogen (secondary N) is 1. The Bertz CT molecular complexity index is 1330. The van der Waals surface area contributed by atoms with Gasteiger partial charge in [-0.25, -0.2) is 0 Å². The molecule has 0 aliphatic carbocycles. The molecule has 4 aromatic rings. The molecular formula is C30H34N4O2S. The van der Waals surface area contributed by atoms with Crippen LogP contribution in [0.2, 0.25) is 0 Å². The van der Waals surface area contributed by atoms with E-state index in [0.29, 0.717) is 18.3 Å². The van der Waals surface area contributed by atoms with Crippen molar-refractivity contribution >= 4 is 23.4 Å². The first-order valence-corrected chi connectivity index (χ1v) is 13.7. The third-order valence-electron chi connectivity index (χ3n) is 6.42. The largest absolute Gasteiger partial charge is 0.486 e. The summed E-state index contributed by atoms with van der Waals surface area (Å²) in [6.07, 6.45) is 1.73. The lowest BCUT2D eigenvalue weighted by atomic mass is 10.0. The van der Waals surface area contributed by atoms with Crippen LogP contribution in [-0.4, -0.2) is 26.4 Å². The molecule has 1 N–H and O–H groups in total. The van der Waals surface area contributed by atoms with E-state index < -0.39 is 0 Å². The molecule has 1 heterocycles. The van der Waals surface area contributed by atoms with Crippen LogP contribution < -0.4 is 10.1 Å². The quantitative estimate of drug-likeness (QED) is 0.235. The number of thioether (sulfide) groups is 1. The zero-order valence-corrected chi connectivity index (χ0v) is 22.8. The maximum absolute atomic E-state index is 13.0. The summed E-state index contributed by atoms with van der Waals surface area (Å²) in [5.74, 6) is 1.70. The van der Waals surface area contributed by atoms with Gasteiger partial charge in [0.2, 0.25) is 5.91 Å². The van der Waals surface area contributed by atoms with Gasteiger partial charge in [0.25, 0.3) is 0 Å². The van der Waals surface area contributed by atoms with Crippen LogP contribution in [0.1, 0.15) is 47.5 Å². The fraction of sp³-hybridized carbons (Fsp3) is 0.300. The number of hydrogen-bond donors (Lipinski definition) is 1. The van der Waals surface area contributed by atoms with Crippen molar-refractivity contribution in [3.05, 3.63) is 100 Å². The number of benzene rings is 3. The van der Waals surface area contributed by atoms with Gasteiger partial charge in [-0.05, 0) is 66.6 Å². The first kappa shape index (κ1) is 26.5. The molecule has 37 heavy (non-hydrogen) atoms. The Labute approximate surface area is 223 Å². The maximum Gasteiger partial charge on any atom is 0.234 e. The van der Waals surface area contributed by atoms with Crippen LogP contribution in [0.3, 0.4) is 0 Å². The number of nitrogens with zero attached hydrogens (tertiary/aromatic N) is 3. The average Bonchev–Trinajstić information content (AvgIpc) is 3.29. The summed E-state index contributed by atoms with van der Waals surface area (Å²) in [6.45, 7) is 9.25. The Morgan fingerprint density at radius 2 is 1.65 bits per heavy atom. The van der Waals surface area contributed by atoms with Gasteiger partial charge in [0.15, 0.2) is 11.0 Å². The molecule has 4 rings (SSSR count). The second kappa shape index (κ2) is 12.6. The van der Waals surface area contributed by atoms with Crippen molar-refractivity contribution in [2.75, 3.05) is 11.1 Å². The number of anilines is 1. The Hall–Kier alpha value is -3.58. The predicted molar refractivity (Wildman–Crippen MR) is 150 cm³/mol. The summed E-state index contributed by atoms with van der Waals surface area (Å²) in [4.78, 5) is 13.0. The fourth-order valence-electron chi connectivity index (χ4n) is 4.12. The van der Waals surface area contributed by atoms with Crippen molar-refractivity contribution in [3.63, 3.8) is 0 Å². The molecule has 7 heteroatoms. The van der Waals surface area contributed by atoms with Crippen LogP contribution >= 0.6 is 11.8 Å². The van der Waals surface area contributed by atoms with Crippen LogP contribution in [0.15, 0.2) is 71.9 Å². The topological polar surface area (TPSA) is 69.0 Å². The molecule has 0 aliphatic rings. The molecule has 6 nitrogen and oxygen atoms in total. The number of para-hydroxylation sites is 1. The predicted octanol–water partition coefficient (Wildman–Crippen LogP) is 6.38. The van der Waals surface area contributed by atoms with E-state index in [9.17, 15) is 4.79 Å². The standard InChI is InChI=1S/C30H34N4O2S/c1-5-24-13-10-14-25(6-2)29(24)31-28(35)20-37-30-33-32-27(34(30)18-23-11-8-7-9-12-23)19-36-26-16-15-21(3)22(4)17-26/h7-17H,5-6,18-20H2,1-4H3,(H,31,35). The number of carbonyl (C=O) groups excluding carboxylic acids is 1. The highest BCUT2D eigenvalue weighted by Crippen LogP contribution is 2.25. The second-order valence-electron chi connectivity index (χ2n) is 9.00. The average molecular weight is 515 g/mol. The third kappa shape index (κ3) is 6.80. The van der Waals surface area contributed by atoms with Gasteiger partial charge in [-0.15, -0.1) is 10.2 Å². The molecule has 0 bridgehead atoms. The summed E-state index contributed by atoms with van der Waals surface area (Å²) >= 11 is 1.39. The molecule has 1 amide bonds. The molecule has 0 saturated carbocycles. The molecule has 1 aromatic heterocycles. The number of aryl methyl sites for hydroxylation is 4. The zero-order chi connectivity index (χ0) is 26.2. The summed E-state index contributed by atoms with van der Waals surface area (Å²) < 4.78 is 8.10. The minimum absolute atomic E-state index is 0.0530. The molecule has 0 unspecified atom stereocenters. The van der Waals surface area contributed by atoms with Crippen LogP contribution in [0.4, 0.5) is 5.69 Å². The Kier molecular flexibility index (Phi) is 9.01. The van der Waals surface area contributed by atoms with Gasteiger partial charge in [-0.2, -0.15) is 0 Å². The third-order valence-corrected chi connectivity index (χ3v) is 7.39. The number of hydrogen-bond acceptors (Lipinski definition) is 5. The minimum Gasteiger partial charge on any atom is -0.486 e. The van der Waals surface area contributed by atoms with Crippen LogP contribution in [0.25, 0.3) is 0 Å². The second-order valence-corrected chi connectivity index (χ2v) is 9.94. The molecule has 0 fully saturated rings. The fourth-order valence-corrected chi connectivity index (χ4v) is 4.87. The lowest BCUT2D eigenvalue weighted by Crippen LogP contribution is -2.17. The number of amides is 1. The van der Waals surface area contributed by atoms with Crippen LogP contribution in [0.5, 0.6) is 5.75 Å². The molecule has 3 aromatic carbocycles. The van der Waals surface area contributed by atoms with Crippen molar-refractivity contribution < 1.29 is 9.53 Å². The smallest absolute Gasteiger partial charge is 0.234 e. The summed E-state index contributed by atoms with van der Waals surface area (Å²) in [6, 6.07) is 22.4. The summed E-state index contributed by atoms with van der Waals surface area (Å²) in [5.41, 5.74) is 6.77. The van der Waals surface area contributed by atoms with Crippen molar-refractivity contribution in [2.45, 2.75) is 58.8 Å². The van der Waals surface area contributed by atoms with Crippen molar-refractivity contribution in [3.8, 4) is 5.75 Å². The van der Waals surface area contributed by atoms with E-state index in [-0.39, 0.29) is 11.7 Å². The lowest BCUT2D eigenvalue weighted by Gasteiger charge is -2.15. The zero-order valence-electron chi connectivity index (χ0n) is 22.0. The monoisotopic (exact) mass is 514 g/mol. The Balaban J connectivity index is 1.49. The highest BCUT2D eigenvalue weighted by Gasteiger charge is 2.17. The van der Waals surface area contributed by atoms with Crippen molar-refractivity contribution in [2.24, 2.45) is 0 Å². The van der Waals surface area contributed by atoms with Gasteiger partial charge >= 0.3 is 0 Å². The highest BCUT2D eigenvalue weighted by atomic mass is 32.2. The van der Waals surface area contributed by atoms with Gasteiger partial charge in [0.05, 0.1) is 12.3 Å². The maximum atomic E-state index is 13.0. The van der Waals surface area contributed by atoms with Crippen molar-refractivity contribution in [1.82, 2.24) is 14.8 Å². The van der Waals surface area contributed by atoms with Crippen LogP contribution in [-0.2, 0) is 30.8 Å². The molecule has 0 atom stereocenters. The number of carbonyl (C=O) groups is 1. The van der Waals surface area contributed by atoms with Crippen molar-refractivity contribution in [1.29, 1.82) is 0 Å². The molecule has 0 saturated heterocycles. The number of rotatable bonds is 11. The van der Waals surface area contributed by atoms with E-state index in [1.54, 1.807) is 0 Å². The Morgan fingerprint density at radius 3 is 2.32 bits per heavy atom.